The molecule has 0 saturated heterocycles. The third kappa shape index (κ3) is 2.42. The first-order chi connectivity index (χ1) is 9.24. The summed E-state index contributed by atoms with van der Waals surface area (Å²) in [5.41, 5.74) is 1.55. The second kappa shape index (κ2) is 4.93. The van der Waals surface area contributed by atoms with Gasteiger partial charge in [0.05, 0.1) is 4.70 Å². The highest BCUT2D eigenvalue weighted by Crippen LogP contribution is 2.30. The van der Waals surface area contributed by atoms with Crippen LogP contribution in [0.1, 0.15) is 5.56 Å². The van der Waals surface area contributed by atoms with Crippen molar-refractivity contribution < 1.29 is 4.39 Å². The van der Waals surface area contributed by atoms with Crippen LogP contribution in [0.5, 0.6) is 0 Å². The zero-order valence-corrected chi connectivity index (χ0v) is 11.2. The van der Waals surface area contributed by atoms with Crippen LogP contribution in [-0.2, 0) is 6.54 Å². The van der Waals surface area contributed by atoms with Gasteiger partial charge in [-0.05, 0) is 23.8 Å². The number of hydrogen-bond donors (Lipinski definition) is 0. The Morgan fingerprint density at radius 3 is 2.89 bits per heavy atom. The maximum Gasteiger partial charge on any atom is 0.186 e. The molecule has 0 aliphatic rings. The standard InChI is InChI=1S/C14H12FN3S/c1-18(9-10-4-3-7-16-8-10)14-17-13-11(15)5-2-6-12(13)19-14/h2-8H,9H2,1H3. The predicted molar refractivity (Wildman–Crippen MR) is 75.9 cm³/mol. The maximum absolute atomic E-state index is 13.6. The van der Waals surface area contributed by atoms with Crippen molar-refractivity contribution in [3.63, 3.8) is 0 Å². The van der Waals surface area contributed by atoms with Crippen molar-refractivity contribution >= 4 is 26.7 Å². The highest BCUT2D eigenvalue weighted by atomic mass is 32.1. The number of fused-ring (bicyclic) bond motifs is 1. The van der Waals surface area contributed by atoms with Crippen molar-refractivity contribution in [1.82, 2.24) is 9.97 Å². The van der Waals surface area contributed by atoms with Crippen molar-refractivity contribution in [3.8, 4) is 0 Å². The first-order valence-corrected chi connectivity index (χ1v) is 6.71. The normalized spacial score (nSPS) is 10.8. The van der Waals surface area contributed by atoms with Gasteiger partial charge in [-0.15, -0.1) is 0 Å². The Morgan fingerprint density at radius 2 is 2.16 bits per heavy atom. The van der Waals surface area contributed by atoms with Gasteiger partial charge in [0.15, 0.2) is 5.13 Å². The molecule has 96 valence electrons. The number of pyridine rings is 1. The number of benzene rings is 1. The molecule has 1 aromatic carbocycles. The summed E-state index contributed by atoms with van der Waals surface area (Å²) in [6, 6.07) is 8.95. The molecule has 2 heterocycles. The van der Waals surface area contributed by atoms with Gasteiger partial charge in [-0.1, -0.05) is 23.5 Å². The van der Waals surface area contributed by atoms with Gasteiger partial charge in [0.25, 0.3) is 0 Å². The Morgan fingerprint density at radius 1 is 1.26 bits per heavy atom. The Labute approximate surface area is 114 Å². The minimum Gasteiger partial charge on any atom is -0.347 e. The molecule has 0 spiro atoms. The van der Waals surface area contributed by atoms with Gasteiger partial charge in [-0.3, -0.25) is 4.98 Å². The maximum atomic E-state index is 13.6. The molecule has 0 unspecified atom stereocenters. The lowest BCUT2D eigenvalue weighted by Gasteiger charge is -2.14. The van der Waals surface area contributed by atoms with Gasteiger partial charge < -0.3 is 4.90 Å². The summed E-state index contributed by atoms with van der Waals surface area (Å²) < 4.78 is 14.5. The van der Waals surface area contributed by atoms with Crippen molar-refractivity contribution in [2.75, 3.05) is 11.9 Å². The van der Waals surface area contributed by atoms with Gasteiger partial charge >= 0.3 is 0 Å². The molecule has 0 N–H and O–H groups in total. The van der Waals surface area contributed by atoms with Crippen molar-refractivity contribution in [1.29, 1.82) is 0 Å². The van der Waals surface area contributed by atoms with Crippen LogP contribution in [0, 0.1) is 5.82 Å². The van der Waals surface area contributed by atoms with Gasteiger partial charge in [0.2, 0.25) is 0 Å². The van der Waals surface area contributed by atoms with E-state index in [1.54, 1.807) is 12.3 Å². The van der Waals surface area contributed by atoms with Crippen LogP contribution >= 0.6 is 11.3 Å². The molecule has 0 aliphatic heterocycles. The lowest BCUT2D eigenvalue weighted by Crippen LogP contribution is -2.16. The van der Waals surface area contributed by atoms with Crippen LogP contribution < -0.4 is 4.90 Å². The molecule has 3 rings (SSSR count). The van der Waals surface area contributed by atoms with E-state index in [-0.39, 0.29) is 5.82 Å². The minimum absolute atomic E-state index is 0.269. The van der Waals surface area contributed by atoms with Gasteiger partial charge in [0, 0.05) is 26.0 Å². The molecule has 0 atom stereocenters. The lowest BCUT2D eigenvalue weighted by molar-refractivity contribution is 0.637. The SMILES string of the molecule is CN(Cc1cccnc1)c1nc2c(F)cccc2s1. The molecular weight excluding hydrogens is 261 g/mol. The van der Waals surface area contributed by atoms with Crippen LogP contribution in [0.2, 0.25) is 0 Å². The molecule has 0 radical (unpaired) electrons. The molecule has 5 heteroatoms. The topological polar surface area (TPSA) is 29.0 Å². The third-order valence-corrected chi connectivity index (χ3v) is 3.96. The summed E-state index contributed by atoms with van der Waals surface area (Å²) in [5.74, 6) is -0.269. The first kappa shape index (κ1) is 12.0. The summed E-state index contributed by atoms with van der Waals surface area (Å²) >= 11 is 1.49. The van der Waals surface area contributed by atoms with Crippen LogP contribution in [0.15, 0.2) is 42.7 Å². The van der Waals surface area contributed by atoms with E-state index in [4.69, 9.17) is 0 Å². The molecular formula is C14H12FN3S. The second-order valence-corrected chi connectivity index (χ2v) is 5.31. The molecule has 0 aliphatic carbocycles. The molecule has 3 nitrogen and oxygen atoms in total. The predicted octanol–water partition coefficient (Wildman–Crippen LogP) is 3.47. The van der Waals surface area contributed by atoms with Crippen molar-refractivity contribution in [3.05, 3.63) is 54.1 Å². The lowest BCUT2D eigenvalue weighted by atomic mass is 10.3. The Balaban J connectivity index is 1.89. The number of rotatable bonds is 3. The number of aromatic nitrogens is 2. The number of nitrogens with zero attached hydrogens (tertiary/aromatic N) is 3. The summed E-state index contributed by atoms with van der Waals surface area (Å²) in [6.45, 7) is 0.704. The molecule has 0 saturated carbocycles. The fourth-order valence-corrected chi connectivity index (χ4v) is 2.84. The fourth-order valence-electron chi connectivity index (χ4n) is 1.90. The van der Waals surface area contributed by atoms with Crippen LogP contribution in [-0.4, -0.2) is 17.0 Å². The average Bonchev–Trinajstić information content (AvgIpc) is 2.85. The van der Waals surface area contributed by atoms with E-state index < -0.39 is 0 Å². The first-order valence-electron chi connectivity index (χ1n) is 5.89. The van der Waals surface area contributed by atoms with E-state index in [1.807, 2.05) is 36.3 Å². The highest BCUT2D eigenvalue weighted by molar-refractivity contribution is 7.22. The van der Waals surface area contributed by atoms with Gasteiger partial charge in [0.1, 0.15) is 11.3 Å². The number of thiazole rings is 1. The highest BCUT2D eigenvalue weighted by Gasteiger charge is 2.11. The Bertz CT molecular complexity index is 696. The molecule has 2 aromatic heterocycles. The van der Waals surface area contributed by atoms with E-state index in [9.17, 15) is 4.39 Å². The third-order valence-electron chi connectivity index (χ3n) is 2.83. The Hall–Kier alpha value is -2.01. The second-order valence-electron chi connectivity index (χ2n) is 4.30. The van der Waals surface area contributed by atoms with Crippen LogP contribution in [0.4, 0.5) is 9.52 Å². The summed E-state index contributed by atoms with van der Waals surface area (Å²) in [6.07, 6.45) is 3.57. The largest absolute Gasteiger partial charge is 0.347 e. The van der Waals surface area contributed by atoms with E-state index >= 15 is 0 Å². The zero-order valence-electron chi connectivity index (χ0n) is 10.4. The number of hydrogen-bond acceptors (Lipinski definition) is 4. The molecule has 0 amide bonds. The molecule has 19 heavy (non-hydrogen) atoms. The number of para-hydroxylation sites is 1. The van der Waals surface area contributed by atoms with E-state index in [0.717, 1.165) is 15.4 Å². The molecule has 3 aromatic rings. The van der Waals surface area contributed by atoms with E-state index in [1.165, 1.54) is 17.4 Å². The van der Waals surface area contributed by atoms with Crippen molar-refractivity contribution in [2.45, 2.75) is 6.54 Å². The van der Waals surface area contributed by atoms with E-state index in [2.05, 4.69) is 9.97 Å². The summed E-state index contributed by atoms with van der Waals surface area (Å²) in [5, 5.41) is 0.809. The minimum atomic E-state index is -0.269. The number of anilines is 1. The van der Waals surface area contributed by atoms with Crippen LogP contribution in [0.3, 0.4) is 0 Å². The summed E-state index contributed by atoms with van der Waals surface area (Å²) in [7, 11) is 1.95. The molecule has 0 bridgehead atoms. The quantitative estimate of drug-likeness (QED) is 0.731. The monoisotopic (exact) mass is 273 g/mol. The Kier molecular flexibility index (Phi) is 3.13. The van der Waals surface area contributed by atoms with Gasteiger partial charge in [-0.2, -0.15) is 0 Å². The average molecular weight is 273 g/mol. The van der Waals surface area contributed by atoms with Crippen LogP contribution in [0.25, 0.3) is 10.2 Å². The van der Waals surface area contributed by atoms with Gasteiger partial charge in [-0.25, -0.2) is 9.37 Å². The smallest absolute Gasteiger partial charge is 0.186 e. The molecule has 0 fully saturated rings. The number of halogens is 1. The van der Waals surface area contributed by atoms with Crippen molar-refractivity contribution in [2.24, 2.45) is 0 Å². The zero-order chi connectivity index (χ0) is 13.2. The summed E-state index contributed by atoms with van der Waals surface area (Å²) in [4.78, 5) is 10.4. The fraction of sp³-hybridized carbons (Fsp3) is 0.143. The van der Waals surface area contributed by atoms with E-state index in [0.29, 0.717) is 12.1 Å².